The number of hydrogen-bond donors (Lipinski definition) is 3. The van der Waals surface area contributed by atoms with Crippen LogP contribution in [0.25, 0.3) is 11.0 Å². The monoisotopic (exact) mass is 508 g/mol. The second-order valence-corrected chi connectivity index (χ2v) is 8.02. The summed E-state index contributed by atoms with van der Waals surface area (Å²) in [4.78, 5) is 19.2. The zero-order valence-corrected chi connectivity index (χ0v) is 17.2. The molecule has 3 rings (SSSR count). The van der Waals surface area contributed by atoms with Crippen molar-refractivity contribution in [3.63, 3.8) is 0 Å². The van der Waals surface area contributed by atoms with E-state index < -0.39 is 24.3 Å². The highest BCUT2D eigenvalue weighted by molar-refractivity contribution is 14.1. The summed E-state index contributed by atoms with van der Waals surface area (Å²) in [5, 5.41) is 19.5. The van der Waals surface area contributed by atoms with Gasteiger partial charge in [-0.2, -0.15) is 0 Å². The predicted molar refractivity (Wildman–Crippen MR) is 107 cm³/mol. The van der Waals surface area contributed by atoms with Crippen molar-refractivity contribution in [2.45, 2.75) is 31.7 Å². The van der Waals surface area contributed by atoms with Gasteiger partial charge in [-0.05, 0) is 41.4 Å². The number of nitrogens with two attached hydrogens (primary N) is 1. The maximum absolute atomic E-state index is 15.2. The average Bonchev–Trinajstić information content (AvgIpc) is 3.26. The second-order valence-electron chi connectivity index (χ2n) is 6.86. The first-order valence-corrected chi connectivity index (χ1v) is 9.95. The van der Waals surface area contributed by atoms with Crippen molar-refractivity contribution in [1.29, 1.82) is 0 Å². The number of aliphatic hydroxyl groups excluding tert-OH is 1. The molecule has 0 saturated carbocycles. The van der Waals surface area contributed by atoms with Crippen molar-refractivity contribution in [2.24, 2.45) is 11.8 Å². The van der Waals surface area contributed by atoms with E-state index in [0.717, 1.165) is 9.99 Å². The quantitative estimate of drug-likeness (QED) is 0.365. The summed E-state index contributed by atoms with van der Waals surface area (Å²) in [6.07, 6.45) is -0.376. The van der Waals surface area contributed by atoms with Crippen LogP contribution in [0.3, 0.4) is 0 Å². The van der Waals surface area contributed by atoms with Gasteiger partial charge in [0, 0.05) is 35.5 Å². The fourth-order valence-electron chi connectivity index (χ4n) is 3.62. The molecule has 0 aliphatic carbocycles. The molecule has 1 aliphatic rings. The smallest absolute Gasteiger partial charge is 0.450 e. The Morgan fingerprint density at radius 3 is 2.96 bits per heavy atom. The van der Waals surface area contributed by atoms with Gasteiger partial charge in [0.2, 0.25) is 0 Å². The topological polar surface area (TPSA) is 133 Å². The zero-order valence-electron chi connectivity index (χ0n) is 15.0. The molecule has 2 aromatic heterocycles. The van der Waals surface area contributed by atoms with Crippen molar-refractivity contribution in [3.05, 3.63) is 16.1 Å². The highest BCUT2D eigenvalue weighted by Crippen LogP contribution is 2.29. The standard InChI is InChI=1S/C17H22FIN4O5/c18-11(4-23-5-12(19)13-15(20)21-8-22-16(13)23)14(28-17(25)26)10(6-24)3-9-1-2-27-7-9/h5,8-11,14,24H,1-4,6-7H2,(H,25,26)(H2,20,21,22). The van der Waals surface area contributed by atoms with Crippen LogP contribution in [0.1, 0.15) is 12.8 Å². The molecule has 2 aromatic rings. The number of ether oxygens (including phenoxy) is 2. The lowest BCUT2D eigenvalue weighted by atomic mass is 9.88. The third kappa shape index (κ3) is 4.63. The number of carboxylic acid groups (broad SMARTS) is 1. The molecule has 28 heavy (non-hydrogen) atoms. The minimum Gasteiger partial charge on any atom is -0.450 e. The van der Waals surface area contributed by atoms with E-state index in [9.17, 15) is 9.90 Å². The largest absolute Gasteiger partial charge is 0.506 e. The van der Waals surface area contributed by atoms with E-state index in [2.05, 4.69) is 32.6 Å². The normalized spacial score (nSPS) is 20.2. The first-order valence-electron chi connectivity index (χ1n) is 8.87. The maximum Gasteiger partial charge on any atom is 0.506 e. The molecule has 11 heteroatoms. The lowest BCUT2D eigenvalue weighted by molar-refractivity contribution is -0.0408. The van der Waals surface area contributed by atoms with Crippen LogP contribution in [-0.2, 0) is 16.0 Å². The van der Waals surface area contributed by atoms with E-state index in [0.29, 0.717) is 30.7 Å². The molecule has 4 unspecified atom stereocenters. The van der Waals surface area contributed by atoms with Gasteiger partial charge in [-0.15, -0.1) is 0 Å². The van der Waals surface area contributed by atoms with Gasteiger partial charge >= 0.3 is 6.16 Å². The van der Waals surface area contributed by atoms with Gasteiger partial charge < -0.3 is 30.0 Å². The number of carbonyl (C=O) groups is 1. The van der Waals surface area contributed by atoms with Gasteiger partial charge in [0.05, 0.1) is 11.9 Å². The van der Waals surface area contributed by atoms with E-state index in [1.165, 1.54) is 6.33 Å². The van der Waals surface area contributed by atoms with E-state index >= 15 is 4.39 Å². The third-order valence-corrected chi connectivity index (χ3v) is 5.78. The van der Waals surface area contributed by atoms with Gasteiger partial charge in [0.1, 0.15) is 23.9 Å². The Hall–Kier alpha value is -1.73. The molecule has 0 aromatic carbocycles. The van der Waals surface area contributed by atoms with Crippen molar-refractivity contribution in [2.75, 3.05) is 25.6 Å². The zero-order chi connectivity index (χ0) is 20.3. The predicted octanol–water partition coefficient (Wildman–Crippen LogP) is 2.05. The van der Waals surface area contributed by atoms with Crippen LogP contribution in [0.5, 0.6) is 0 Å². The maximum atomic E-state index is 15.2. The number of nitrogens with zero attached hydrogens (tertiary/aromatic N) is 3. The summed E-state index contributed by atoms with van der Waals surface area (Å²) in [5.74, 6) is -0.236. The summed E-state index contributed by atoms with van der Waals surface area (Å²) in [7, 11) is 0. The average molecular weight is 508 g/mol. The number of anilines is 1. The number of rotatable bonds is 8. The number of alkyl halides is 1. The number of fused-ring (bicyclic) bond motifs is 1. The van der Waals surface area contributed by atoms with Crippen molar-refractivity contribution >= 4 is 45.6 Å². The molecule has 154 valence electrons. The molecule has 4 N–H and O–H groups in total. The molecular weight excluding hydrogens is 486 g/mol. The SMILES string of the molecule is Nc1ncnc2c1c(I)cn2CC(F)C(OC(=O)O)C(CO)CC1CCOC1. The van der Waals surface area contributed by atoms with Gasteiger partial charge in [0.15, 0.2) is 6.17 Å². The van der Waals surface area contributed by atoms with E-state index in [1.807, 2.05) is 0 Å². The van der Waals surface area contributed by atoms with Gasteiger partial charge in [-0.25, -0.2) is 19.2 Å². The Kier molecular flexibility index (Phi) is 6.88. The molecule has 0 bridgehead atoms. The Balaban J connectivity index is 1.82. The fraction of sp³-hybridized carbons (Fsp3) is 0.588. The van der Waals surface area contributed by atoms with Gasteiger partial charge in [-0.3, -0.25) is 0 Å². The van der Waals surface area contributed by atoms with Crippen LogP contribution in [0.2, 0.25) is 0 Å². The van der Waals surface area contributed by atoms with Crippen LogP contribution < -0.4 is 5.73 Å². The van der Waals surface area contributed by atoms with Gasteiger partial charge in [0.25, 0.3) is 0 Å². The van der Waals surface area contributed by atoms with Crippen LogP contribution in [-0.4, -0.2) is 63.0 Å². The summed E-state index contributed by atoms with van der Waals surface area (Å²) in [5.41, 5.74) is 6.33. The molecule has 3 heterocycles. The summed E-state index contributed by atoms with van der Waals surface area (Å²) >= 11 is 2.06. The Bertz CT molecular complexity index is 829. The molecule has 4 atom stereocenters. The van der Waals surface area contributed by atoms with Crippen LogP contribution in [0.15, 0.2) is 12.5 Å². The summed E-state index contributed by atoms with van der Waals surface area (Å²) in [6, 6.07) is 0. The highest BCUT2D eigenvalue weighted by Gasteiger charge is 2.36. The van der Waals surface area contributed by atoms with Crippen molar-refractivity contribution < 1.29 is 28.9 Å². The molecule has 0 radical (unpaired) electrons. The molecule has 0 amide bonds. The fourth-order valence-corrected chi connectivity index (χ4v) is 4.48. The Labute approximate surface area is 174 Å². The van der Waals surface area contributed by atoms with Crippen molar-refractivity contribution in [3.8, 4) is 0 Å². The number of aromatic nitrogens is 3. The lowest BCUT2D eigenvalue weighted by Crippen LogP contribution is -2.40. The highest BCUT2D eigenvalue weighted by atomic mass is 127. The molecule has 1 fully saturated rings. The third-order valence-electron chi connectivity index (χ3n) is 4.96. The number of nitrogen functional groups attached to an aromatic ring is 1. The number of halogens is 2. The molecular formula is C17H22FIN4O5. The molecule has 0 spiro atoms. The van der Waals surface area contributed by atoms with Gasteiger partial charge in [-0.1, -0.05) is 0 Å². The number of hydrogen-bond acceptors (Lipinski definition) is 7. The molecule has 1 saturated heterocycles. The minimum atomic E-state index is -1.68. The van der Waals surface area contributed by atoms with Crippen LogP contribution >= 0.6 is 22.6 Å². The first-order chi connectivity index (χ1) is 13.4. The van der Waals surface area contributed by atoms with Crippen LogP contribution in [0, 0.1) is 15.4 Å². The minimum absolute atomic E-state index is 0.144. The lowest BCUT2D eigenvalue weighted by Gasteiger charge is -2.29. The van der Waals surface area contributed by atoms with Crippen molar-refractivity contribution in [1.82, 2.24) is 14.5 Å². The van der Waals surface area contributed by atoms with E-state index in [-0.39, 0.29) is 24.9 Å². The van der Waals surface area contributed by atoms with E-state index in [4.69, 9.17) is 20.3 Å². The number of aliphatic hydroxyl groups is 1. The second kappa shape index (κ2) is 9.18. The first kappa shape index (κ1) is 21.0. The molecule has 9 nitrogen and oxygen atoms in total. The summed E-state index contributed by atoms with van der Waals surface area (Å²) in [6.45, 7) is 0.560. The van der Waals surface area contributed by atoms with E-state index in [1.54, 1.807) is 10.8 Å². The Morgan fingerprint density at radius 1 is 1.54 bits per heavy atom. The Morgan fingerprint density at radius 2 is 2.32 bits per heavy atom. The molecule has 1 aliphatic heterocycles. The summed E-state index contributed by atoms with van der Waals surface area (Å²) < 4.78 is 27.7. The van der Waals surface area contributed by atoms with Crippen LogP contribution in [0.4, 0.5) is 15.0 Å².